The molecular formula is C19H19F2NO4S. The molecule has 8 heteroatoms. The summed E-state index contributed by atoms with van der Waals surface area (Å²) in [6.45, 7) is -1.29. The van der Waals surface area contributed by atoms with Crippen molar-refractivity contribution >= 4 is 17.7 Å². The molecule has 0 atom stereocenters. The number of fused-ring (bicyclic) bond motifs is 1. The average Bonchev–Trinajstić information content (AvgIpc) is 2.67. The van der Waals surface area contributed by atoms with E-state index < -0.39 is 6.61 Å². The molecule has 0 unspecified atom stereocenters. The predicted octanol–water partition coefficient (Wildman–Crippen LogP) is 3.51. The van der Waals surface area contributed by atoms with E-state index >= 15 is 0 Å². The van der Waals surface area contributed by atoms with E-state index in [9.17, 15) is 13.6 Å². The van der Waals surface area contributed by atoms with Gasteiger partial charge in [-0.25, -0.2) is 0 Å². The topological polar surface area (TPSA) is 56.8 Å². The van der Waals surface area contributed by atoms with Gasteiger partial charge < -0.3 is 19.5 Å². The molecule has 2 aromatic rings. The third-order valence-corrected chi connectivity index (χ3v) is 4.76. The van der Waals surface area contributed by atoms with Crippen molar-refractivity contribution in [1.29, 1.82) is 0 Å². The first-order valence-corrected chi connectivity index (χ1v) is 9.41. The molecule has 27 heavy (non-hydrogen) atoms. The van der Waals surface area contributed by atoms with Gasteiger partial charge in [0.2, 0.25) is 5.91 Å². The largest absolute Gasteiger partial charge is 0.486 e. The minimum Gasteiger partial charge on any atom is -0.486 e. The third-order valence-electron chi connectivity index (χ3n) is 3.77. The minimum absolute atomic E-state index is 0.0763. The molecule has 0 aliphatic carbocycles. The molecule has 2 aromatic carbocycles. The van der Waals surface area contributed by atoms with E-state index in [4.69, 9.17) is 9.47 Å². The van der Waals surface area contributed by atoms with Crippen molar-refractivity contribution < 1.29 is 27.8 Å². The number of amides is 1. The number of alkyl halides is 2. The van der Waals surface area contributed by atoms with Gasteiger partial charge in [-0.2, -0.15) is 8.78 Å². The number of hydrogen-bond acceptors (Lipinski definition) is 5. The van der Waals surface area contributed by atoms with Gasteiger partial charge in [-0.05, 0) is 42.3 Å². The van der Waals surface area contributed by atoms with E-state index in [0.29, 0.717) is 37.7 Å². The van der Waals surface area contributed by atoms with Crippen molar-refractivity contribution in [3.8, 4) is 17.2 Å². The molecule has 0 saturated carbocycles. The van der Waals surface area contributed by atoms with Crippen molar-refractivity contribution in [2.45, 2.75) is 17.9 Å². The van der Waals surface area contributed by atoms with Crippen LogP contribution in [0.2, 0.25) is 0 Å². The lowest BCUT2D eigenvalue weighted by Crippen LogP contribution is -2.27. The van der Waals surface area contributed by atoms with Crippen molar-refractivity contribution in [3.63, 3.8) is 0 Å². The van der Waals surface area contributed by atoms with Gasteiger partial charge >= 0.3 is 6.61 Å². The van der Waals surface area contributed by atoms with Crippen LogP contribution in [0.4, 0.5) is 8.78 Å². The number of halogens is 2. The molecule has 1 N–H and O–H groups in total. The van der Waals surface area contributed by atoms with Crippen LogP contribution in [-0.4, -0.2) is 38.0 Å². The van der Waals surface area contributed by atoms with Crippen LogP contribution in [0.15, 0.2) is 47.4 Å². The zero-order chi connectivity index (χ0) is 19.1. The third kappa shape index (κ3) is 6.02. The maximum Gasteiger partial charge on any atom is 0.387 e. The Morgan fingerprint density at radius 2 is 1.85 bits per heavy atom. The van der Waals surface area contributed by atoms with Gasteiger partial charge in [0.05, 0.1) is 5.75 Å². The predicted molar refractivity (Wildman–Crippen MR) is 97.9 cm³/mol. The summed E-state index contributed by atoms with van der Waals surface area (Å²) in [6.07, 6.45) is 0.607. The lowest BCUT2D eigenvalue weighted by atomic mass is 10.1. The number of nitrogens with one attached hydrogen (secondary N) is 1. The Labute approximate surface area is 160 Å². The van der Waals surface area contributed by atoms with Gasteiger partial charge in [0.15, 0.2) is 11.5 Å². The molecule has 0 saturated heterocycles. The molecule has 1 amide bonds. The summed E-state index contributed by atoms with van der Waals surface area (Å²) in [5, 5.41) is 2.84. The van der Waals surface area contributed by atoms with E-state index in [1.54, 1.807) is 12.1 Å². The average molecular weight is 395 g/mol. The summed E-state index contributed by atoms with van der Waals surface area (Å²) in [5.74, 6) is 1.76. The quantitative estimate of drug-likeness (QED) is 0.694. The van der Waals surface area contributed by atoms with Crippen LogP contribution in [0.1, 0.15) is 5.56 Å². The van der Waals surface area contributed by atoms with E-state index in [-0.39, 0.29) is 11.7 Å². The lowest BCUT2D eigenvalue weighted by Gasteiger charge is -2.18. The van der Waals surface area contributed by atoms with E-state index in [1.165, 1.54) is 23.9 Å². The second-order valence-electron chi connectivity index (χ2n) is 5.72. The first-order chi connectivity index (χ1) is 13.1. The van der Waals surface area contributed by atoms with Crippen LogP contribution in [0.25, 0.3) is 0 Å². The summed E-state index contributed by atoms with van der Waals surface area (Å²) < 4.78 is 39.5. The fourth-order valence-corrected chi connectivity index (χ4v) is 3.25. The summed E-state index contributed by atoms with van der Waals surface area (Å²) in [7, 11) is 0. The van der Waals surface area contributed by atoms with E-state index in [1.807, 2.05) is 18.2 Å². The molecule has 0 aromatic heterocycles. The first-order valence-electron chi connectivity index (χ1n) is 8.43. The molecule has 1 aliphatic heterocycles. The molecule has 5 nitrogen and oxygen atoms in total. The zero-order valence-electron chi connectivity index (χ0n) is 14.5. The van der Waals surface area contributed by atoms with Crippen LogP contribution < -0.4 is 19.5 Å². The van der Waals surface area contributed by atoms with Crippen LogP contribution in [0.5, 0.6) is 17.2 Å². The first kappa shape index (κ1) is 19.3. The zero-order valence-corrected chi connectivity index (χ0v) is 15.3. The second-order valence-corrected chi connectivity index (χ2v) is 6.77. The van der Waals surface area contributed by atoms with Crippen molar-refractivity contribution in [2.24, 2.45) is 0 Å². The number of carbonyl (C=O) groups is 1. The highest BCUT2D eigenvalue weighted by Crippen LogP contribution is 2.34. The summed E-state index contributed by atoms with van der Waals surface area (Å²) in [4.78, 5) is 12.9. The summed E-state index contributed by atoms with van der Waals surface area (Å²) in [6, 6.07) is 12.0. The monoisotopic (exact) mass is 395 g/mol. The number of benzene rings is 2. The Morgan fingerprint density at radius 3 is 2.59 bits per heavy atom. The van der Waals surface area contributed by atoms with Crippen LogP contribution in [-0.2, 0) is 11.2 Å². The Hall–Kier alpha value is -2.48. The van der Waals surface area contributed by atoms with Crippen LogP contribution in [0, 0.1) is 0 Å². The molecule has 0 bridgehead atoms. The fourth-order valence-electron chi connectivity index (χ4n) is 2.50. The SMILES string of the molecule is O=C(CSc1ccc2c(c1)OCCO2)NCCc1ccc(OC(F)F)cc1. The van der Waals surface area contributed by atoms with Crippen molar-refractivity contribution in [1.82, 2.24) is 5.32 Å². The molecule has 0 spiro atoms. The van der Waals surface area contributed by atoms with Gasteiger partial charge in [0.25, 0.3) is 0 Å². The molecular weight excluding hydrogens is 376 g/mol. The Balaban J connectivity index is 1.38. The van der Waals surface area contributed by atoms with Crippen molar-refractivity contribution in [3.05, 3.63) is 48.0 Å². The molecule has 0 fully saturated rings. The van der Waals surface area contributed by atoms with Crippen LogP contribution >= 0.6 is 11.8 Å². The van der Waals surface area contributed by atoms with Gasteiger partial charge in [-0.15, -0.1) is 11.8 Å². The highest BCUT2D eigenvalue weighted by atomic mass is 32.2. The molecule has 1 aliphatic rings. The minimum atomic E-state index is -2.83. The van der Waals surface area contributed by atoms with E-state index in [2.05, 4.69) is 10.1 Å². The maximum absolute atomic E-state index is 12.1. The smallest absolute Gasteiger partial charge is 0.387 e. The standard InChI is InChI=1S/C19H19F2NO4S/c20-19(21)26-14-3-1-13(2-4-14)7-8-22-18(23)12-27-15-5-6-16-17(11-15)25-10-9-24-16/h1-6,11,19H,7-10,12H2,(H,22,23). The Kier molecular flexibility index (Phi) is 6.75. The van der Waals surface area contributed by atoms with Crippen molar-refractivity contribution in [2.75, 3.05) is 25.5 Å². The van der Waals surface area contributed by atoms with Gasteiger partial charge in [0, 0.05) is 11.4 Å². The Bertz CT molecular complexity index is 771. The summed E-state index contributed by atoms with van der Waals surface area (Å²) in [5.41, 5.74) is 0.927. The molecule has 1 heterocycles. The number of ether oxygens (including phenoxy) is 3. The Morgan fingerprint density at radius 1 is 1.11 bits per heavy atom. The second kappa shape index (κ2) is 9.45. The summed E-state index contributed by atoms with van der Waals surface area (Å²) >= 11 is 1.42. The molecule has 144 valence electrons. The normalized spacial score (nSPS) is 12.7. The number of carbonyl (C=O) groups excluding carboxylic acids is 1. The van der Waals surface area contributed by atoms with Crippen LogP contribution in [0.3, 0.4) is 0 Å². The number of thioether (sulfide) groups is 1. The van der Waals surface area contributed by atoms with Gasteiger partial charge in [-0.1, -0.05) is 12.1 Å². The fraction of sp³-hybridized carbons (Fsp3) is 0.316. The lowest BCUT2D eigenvalue weighted by molar-refractivity contribution is -0.118. The maximum atomic E-state index is 12.1. The highest BCUT2D eigenvalue weighted by molar-refractivity contribution is 8.00. The molecule has 3 rings (SSSR count). The van der Waals surface area contributed by atoms with E-state index in [0.717, 1.165) is 16.2 Å². The van der Waals surface area contributed by atoms with Gasteiger partial charge in [0.1, 0.15) is 19.0 Å². The highest BCUT2D eigenvalue weighted by Gasteiger charge is 2.12. The number of rotatable bonds is 8. The molecule has 0 radical (unpaired) electrons. The van der Waals surface area contributed by atoms with Gasteiger partial charge in [-0.3, -0.25) is 4.79 Å². The number of hydrogen-bond donors (Lipinski definition) is 1.